The smallest absolute Gasteiger partial charge is 0.297 e. The molecule has 79 heavy (non-hydrogen) atoms. The topological polar surface area (TPSA) is 206 Å². The first-order valence-electron chi connectivity index (χ1n) is 28.8. The van der Waals surface area contributed by atoms with Crippen LogP contribution in [0.15, 0.2) is 77.8 Å². The molecule has 4 atom stereocenters. The molecule has 8 heterocycles. The number of amides is 1. The predicted molar refractivity (Wildman–Crippen MR) is 297 cm³/mol. The van der Waals surface area contributed by atoms with Crippen LogP contribution in [-0.4, -0.2) is 142 Å². The van der Waals surface area contributed by atoms with Gasteiger partial charge < -0.3 is 43.8 Å². The number of aromatic nitrogens is 2. The van der Waals surface area contributed by atoms with Gasteiger partial charge in [0.2, 0.25) is 5.88 Å². The molecule has 2 bridgehead atoms. The molecular formula is C59H71N9O10S. The van der Waals surface area contributed by atoms with E-state index in [4.69, 9.17) is 28.7 Å². The summed E-state index contributed by atoms with van der Waals surface area (Å²) in [5, 5.41) is 16.7. The average Bonchev–Trinajstić information content (AvgIpc) is 3.99. The maximum Gasteiger partial charge on any atom is 0.297 e. The molecule has 3 aromatic carbocycles. The number of fused-ring (bicyclic) bond motifs is 4. The number of piperazine rings is 1. The van der Waals surface area contributed by atoms with E-state index in [0.717, 1.165) is 100 Å². The minimum atomic E-state index is -4.70. The molecule has 2 aromatic heterocycles. The number of H-pyrrole nitrogens is 1. The zero-order valence-corrected chi connectivity index (χ0v) is 45.9. The molecule has 6 aliphatic heterocycles. The third kappa shape index (κ3) is 9.32. The van der Waals surface area contributed by atoms with Crippen molar-refractivity contribution in [3.8, 4) is 17.4 Å². The second-order valence-electron chi connectivity index (χ2n) is 24.6. The van der Waals surface area contributed by atoms with Crippen LogP contribution >= 0.6 is 0 Å². The minimum Gasteiger partial charge on any atom is -0.491 e. The Morgan fingerprint density at radius 1 is 0.924 bits per heavy atom. The quantitative estimate of drug-likeness (QED) is 0.0746. The molecule has 4 saturated carbocycles. The summed E-state index contributed by atoms with van der Waals surface area (Å²) in [6, 6.07) is 20.8. The van der Waals surface area contributed by atoms with E-state index < -0.39 is 37.5 Å². The lowest BCUT2D eigenvalue weighted by Crippen LogP contribution is -2.63. The number of hydrogen-bond acceptors (Lipinski definition) is 16. The van der Waals surface area contributed by atoms with Gasteiger partial charge in [-0.1, -0.05) is 18.2 Å². The molecule has 4 aliphatic carbocycles. The van der Waals surface area contributed by atoms with Crippen LogP contribution in [0.25, 0.3) is 11.0 Å². The van der Waals surface area contributed by atoms with Crippen LogP contribution < -0.4 is 34.0 Å². The van der Waals surface area contributed by atoms with Gasteiger partial charge in [-0.2, -0.15) is 4.98 Å². The highest BCUT2D eigenvalue weighted by Crippen LogP contribution is 2.65. The Labute approximate surface area is 460 Å². The Hall–Kier alpha value is -6.19. The number of nitrogens with zero attached hydrogens (tertiary/aromatic N) is 6. The highest BCUT2D eigenvalue weighted by atomic mass is 32.2. The molecule has 20 heteroatoms. The third-order valence-electron chi connectivity index (χ3n) is 19.3. The second kappa shape index (κ2) is 19.8. The lowest BCUT2D eigenvalue weighted by atomic mass is 9.44. The summed E-state index contributed by atoms with van der Waals surface area (Å²) >= 11 is 0. The standard InChI is InChI=1S/C59H71N9O10S/c1-36(2)77-51-6-4-3-5-43(51)50-32-64(35-59-27-37(28-59)29-59)18-19-66(50)41-30-58(31-41)13-16-65(17-14-58)40-7-8-44(47(24-40)67-46-12-22-75-34-53(46)78-57-49(67)23-39-9-15-60-55(39)62-57)56(69)63-79(72,73)42-25-48(68(70)71)54-52(26-42)76-33-45(61-54)38-10-20-74-21-11-38/h3-9,15,23-26,36-38,41,45-46,50,53,61H,10-14,16-22,27-35H2,1-2H3,(H,60,62)(H,63,69)/t37?,45-,46-,50-,53-,59?/m0/s1. The first kappa shape index (κ1) is 51.0. The molecule has 10 aliphatic rings. The number of carbonyl (C=O) groups excluding carboxylic acids is 1. The summed E-state index contributed by atoms with van der Waals surface area (Å²) < 4.78 is 61.8. The van der Waals surface area contributed by atoms with E-state index in [1.807, 2.05) is 30.5 Å². The molecule has 15 rings (SSSR count). The van der Waals surface area contributed by atoms with Crippen molar-refractivity contribution in [3.05, 3.63) is 94.2 Å². The van der Waals surface area contributed by atoms with E-state index in [2.05, 4.69) is 72.7 Å². The molecule has 0 radical (unpaired) electrons. The largest absolute Gasteiger partial charge is 0.491 e. The zero-order valence-electron chi connectivity index (χ0n) is 45.1. The number of benzene rings is 3. The van der Waals surface area contributed by atoms with Crippen molar-refractivity contribution < 1.29 is 41.8 Å². The number of piperidine rings is 1. The first-order chi connectivity index (χ1) is 38.3. The number of rotatable bonds is 13. The van der Waals surface area contributed by atoms with Gasteiger partial charge in [-0.3, -0.25) is 24.7 Å². The molecule has 5 aromatic rings. The van der Waals surface area contributed by atoms with Gasteiger partial charge in [0.05, 0.1) is 51.9 Å². The van der Waals surface area contributed by atoms with E-state index >= 15 is 0 Å². The van der Waals surface area contributed by atoms with E-state index in [9.17, 15) is 23.3 Å². The normalized spacial score (nSPS) is 27.8. The summed E-state index contributed by atoms with van der Waals surface area (Å²) in [6.07, 6.45) is 12.2. The molecule has 19 nitrogen and oxygen atoms in total. The van der Waals surface area contributed by atoms with Gasteiger partial charge in [-0.25, -0.2) is 13.1 Å². The number of nitrogens with one attached hydrogen (secondary N) is 3. The van der Waals surface area contributed by atoms with E-state index in [1.54, 1.807) is 6.07 Å². The van der Waals surface area contributed by atoms with E-state index in [-0.39, 0.29) is 59.2 Å². The van der Waals surface area contributed by atoms with Gasteiger partial charge in [0.1, 0.15) is 29.8 Å². The van der Waals surface area contributed by atoms with Crippen LogP contribution in [0.2, 0.25) is 0 Å². The van der Waals surface area contributed by atoms with Crippen LogP contribution in [0.4, 0.5) is 28.4 Å². The number of ether oxygens (including phenoxy) is 5. The van der Waals surface area contributed by atoms with Crippen molar-refractivity contribution in [2.75, 3.05) is 87.4 Å². The number of pyridine rings is 1. The van der Waals surface area contributed by atoms with Gasteiger partial charge in [-0.05, 0) is 137 Å². The third-order valence-corrected chi connectivity index (χ3v) is 20.6. The van der Waals surface area contributed by atoms with Crippen molar-refractivity contribution in [2.45, 2.75) is 119 Å². The first-order valence-corrected chi connectivity index (χ1v) is 30.3. The van der Waals surface area contributed by atoms with E-state index in [1.165, 1.54) is 37.4 Å². The summed E-state index contributed by atoms with van der Waals surface area (Å²) in [4.78, 5) is 44.6. The Morgan fingerprint density at radius 3 is 2.49 bits per heavy atom. The summed E-state index contributed by atoms with van der Waals surface area (Å²) in [7, 11) is -4.70. The maximum atomic E-state index is 14.9. The molecule has 418 valence electrons. The summed E-state index contributed by atoms with van der Waals surface area (Å²) in [6.45, 7) is 12.4. The van der Waals surface area contributed by atoms with Crippen LogP contribution in [-0.2, 0) is 19.5 Å². The average molecular weight is 1100 g/mol. The lowest BCUT2D eigenvalue weighted by Gasteiger charge is -2.64. The van der Waals surface area contributed by atoms with Crippen LogP contribution in [0, 0.1) is 32.8 Å². The van der Waals surface area contributed by atoms with Gasteiger partial charge in [0.15, 0.2) is 11.4 Å². The molecule has 1 spiro atoms. The number of aromatic amines is 1. The number of para-hydroxylation sites is 1. The van der Waals surface area contributed by atoms with Crippen molar-refractivity contribution in [1.29, 1.82) is 0 Å². The van der Waals surface area contributed by atoms with Crippen molar-refractivity contribution in [1.82, 2.24) is 24.5 Å². The summed E-state index contributed by atoms with van der Waals surface area (Å²) in [5.74, 6) is 1.66. The van der Waals surface area contributed by atoms with Gasteiger partial charge in [-0.15, -0.1) is 0 Å². The fraction of sp³-hybridized carbons (Fsp3) is 0.559. The Kier molecular flexibility index (Phi) is 12.8. The lowest BCUT2D eigenvalue weighted by molar-refractivity contribution is -0.384. The van der Waals surface area contributed by atoms with Gasteiger partial charge in [0.25, 0.3) is 21.6 Å². The number of nitro benzene ring substituents is 1. The summed E-state index contributed by atoms with van der Waals surface area (Å²) in [5.41, 5.74) is 4.56. The van der Waals surface area contributed by atoms with Crippen LogP contribution in [0.5, 0.6) is 17.4 Å². The zero-order chi connectivity index (χ0) is 53.8. The number of nitro groups is 1. The van der Waals surface area contributed by atoms with Gasteiger partial charge >= 0.3 is 0 Å². The molecule has 1 amide bonds. The molecular weight excluding hydrogens is 1030 g/mol. The van der Waals surface area contributed by atoms with Crippen molar-refractivity contribution >= 4 is 55.4 Å². The van der Waals surface area contributed by atoms with Crippen LogP contribution in [0.1, 0.15) is 100 Å². The number of carbonyl (C=O) groups is 1. The second-order valence-corrected chi connectivity index (χ2v) is 26.3. The monoisotopic (exact) mass is 1100 g/mol. The number of hydrogen-bond donors (Lipinski definition) is 3. The molecule has 4 saturated heterocycles. The highest BCUT2D eigenvalue weighted by Gasteiger charge is 2.57. The van der Waals surface area contributed by atoms with E-state index in [0.29, 0.717) is 67.2 Å². The predicted octanol–water partition coefficient (Wildman–Crippen LogP) is 8.57. The Balaban J connectivity index is 0.739. The minimum absolute atomic E-state index is 0.0328. The Bertz CT molecular complexity index is 3280. The molecule has 3 N–H and O–H groups in total. The SMILES string of the molecule is CC(C)Oc1ccccc1[C@@H]1CN(CC23CC(C2)C3)CCN1C1CC2(CCN(c3ccc(C(=O)NS(=O)(=O)c4cc5c(c([N+](=O)[O-])c4)N[C@H](C4CCOCC4)CO5)c(N4c5cc6cc[nH]c6nc5O[C@H]5COCC[C@@H]54)c3)CC2)C1. The number of sulfonamides is 1. The fourth-order valence-electron chi connectivity index (χ4n) is 15.2. The molecule has 8 fully saturated rings. The van der Waals surface area contributed by atoms with Gasteiger partial charge in [0, 0.05) is 100 Å². The Morgan fingerprint density at radius 2 is 1.72 bits per heavy atom. The number of anilines is 4. The maximum absolute atomic E-state index is 14.9. The fourth-order valence-corrected chi connectivity index (χ4v) is 16.2. The van der Waals surface area contributed by atoms with Crippen molar-refractivity contribution in [3.63, 3.8) is 0 Å². The molecule has 0 unspecified atom stereocenters. The highest BCUT2D eigenvalue weighted by molar-refractivity contribution is 7.90. The van der Waals surface area contributed by atoms with Crippen molar-refractivity contribution in [2.24, 2.45) is 22.7 Å². The van der Waals surface area contributed by atoms with Crippen LogP contribution in [0.3, 0.4) is 0 Å².